The predicted octanol–water partition coefficient (Wildman–Crippen LogP) is 3.26. The normalized spacial score (nSPS) is 10.8. The van der Waals surface area contributed by atoms with Crippen molar-refractivity contribution < 1.29 is 9.15 Å². The molecule has 7 heteroatoms. The van der Waals surface area contributed by atoms with Crippen molar-refractivity contribution in [3.8, 4) is 0 Å². The Hall–Kier alpha value is -0.790. The molecule has 0 saturated heterocycles. The van der Waals surface area contributed by atoms with Gasteiger partial charge in [-0.1, -0.05) is 0 Å². The van der Waals surface area contributed by atoms with Crippen LogP contribution in [0.2, 0.25) is 0 Å². The molecule has 2 rings (SSSR count). The lowest BCUT2D eigenvalue weighted by atomic mass is 10.4. The summed E-state index contributed by atoms with van der Waals surface area (Å²) >= 11 is 6.68. The third-order valence-corrected chi connectivity index (χ3v) is 4.03. The molecular formula is C11H13Br2N3O2. The van der Waals surface area contributed by atoms with Gasteiger partial charge < -0.3 is 14.5 Å². The summed E-state index contributed by atoms with van der Waals surface area (Å²) < 4.78 is 13.9. The fourth-order valence-electron chi connectivity index (χ4n) is 1.43. The number of ether oxygens (including phenoxy) is 1. The fraction of sp³-hybridized carbons (Fsp3) is 0.364. The highest BCUT2D eigenvalue weighted by molar-refractivity contribution is 9.13. The number of aromatic nitrogens is 2. The van der Waals surface area contributed by atoms with Gasteiger partial charge in [0.05, 0.1) is 36.1 Å². The molecule has 0 saturated carbocycles. The summed E-state index contributed by atoms with van der Waals surface area (Å²) in [6.07, 6.45) is 3.72. The van der Waals surface area contributed by atoms with Crippen LogP contribution in [-0.2, 0) is 17.8 Å². The molecule has 0 aliphatic heterocycles. The molecule has 2 heterocycles. The second-order valence-electron chi connectivity index (χ2n) is 3.67. The van der Waals surface area contributed by atoms with Gasteiger partial charge in [0.2, 0.25) is 0 Å². The SMILES string of the molecule is COCCn1cc(NCc2cc(Br)c(Br)o2)cn1. The lowest BCUT2D eigenvalue weighted by Crippen LogP contribution is -2.04. The van der Waals surface area contributed by atoms with Crippen molar-refractivity contribution in [3.63, 3.8) is 0 Å². The molecule has 2 aromatic heterocycles. The maximum atomic E-state index is 5.47. The van der Waals surface area contributed by atoms with E-state index in [0.29, 0.717) is 17.8 Å². The number of furan rings is 1. The van der Waals surface area contributed by atoms with E-state index >= 15 is 0 Å². The van der Waals surface area contributed by atoms with Gasteiger partial charge in [-0.05, 0) is 37.9 Å². The Kier molecular flexibility index (Phi) is 4.85. The fourth-order valence-corrected chi connectivity index (χ4v) is 2.09. The Labute approximate surface area is 122 Å². The topological polar surface area (TPSA) is 52.2 Å². The number of hydrogen-bond donors (Lipinski definition) is 1. The Morgan fingerprint density at radius 1 is 1.50 bits per heavy atom. The van der Waals surface area contributed by atoms with Gasteiger partial charge in [-0.2, -0.15) is 5.10 Å². The summed E-state index contributed by atoms with van der Waals surface area (Å²) in [4.78, 5) is 0. The minimum atomic E-state index is 0.611. The number of halogens is 2. The molecule has 2 aromatic rings. The summed E-state index contributed by atoms with van der Waals surface area (Å²) in [5.74, 6) is 0.846. The molecule has 1 N–H and O–H groups in total. The van der Waals surface area contributed by atoms with Gasteiger partial charge in [0.15, 0.2) is 4.67 Å². The van der Waals surface area contributed by atoms with Gasteiger partial charge in [-0.3, -0.25) is 4.68 Å². The standard InChI is InChI=1S/C11H13Br2N3O2/c1-17-3-2-16-7-8(5-15-16)14-6-9-4-10(12)11(13)18-9/h4-5,7,14H,2-3,6H2,1H3. The monoisotopic (exact) mass is 377 g/mol. The van der Waals surface area contributed by atoms with Crippen LogP contribution in [0, 0.1) is 0 Å². The van der Waals surface area contributed by atoms with Gasteiger partial charge in [0, 0.05) is 13.3 Å². The Bertz CT molecular complexity index is 491. The van der Waals surface area contributed by atoms with Crippen molar-refractivity contribution in [3.05, 3.63) is 33.4 Å². The lowest BCUT2D eigenvalue weighted by molar-refractivity contribution is 0.183. The van der Waals surface area contributed by atoms with Crippen molar-refractivity contribution in [1.82, 2.24) is 9.78 Å². The molecule has 98 valence electrons. The number of rotatable bonds is 6. The first-order valence-corrected chi connectivity index (χ1v) is 6.96. The van der Waals surface area contributed by atoms with E-state index in [4.69, 9.17) is 9.15 Å². The van der Waals surface area contributed by atoms with Gasteiger partial charge >= 0.3 is 0 Å². The molecule has 18 heavy (non-hydrogen) atoms. The second kappa shape index (κ2) is 6.40. The van der Waals surface area contributed by atoms with Crippen LogP contribution >= 0.6 is 31.9 Å². The Balaban J connectivity index is 1.88. The lowest BCUT2D eigenvalue weighted by Gasteiger charge is -2.00. The molecule has 0 unspecified atom stereocenters. The maximum absolute atomic E-state index is 5.47. The van der Waals surface area contributed by atoms with Crippen LogP contribution in [0.1, 0.15) is 5.76 Å². The van der Waals surface area contributed by atoms with Crippen molar-refractivity contribution in [2.75, 3.05) is 19.0 Å². The minimum Gasteiger partial charge on any atom is -0.451 e. The summed E-state index contributed by atoms with van der Waals surface area (Å²) in [7, 11) is 1.68. The van der Waals surface area contributed by atoms with E-state index in [2.05, 4.69) is 42.3 Å². The van der Waals surface area contributed by atoms with Gasteiger partial charge in [0.25, 0.3) is 0 Å². The van der Waals surface area contributed by atoms with Crippen molar-refractivity contribution in [2.45, 2.75) is 13.1 Å². The zero-order valence-electron chi connectivity index (χ0n) is 9.82. The first kappa shape index (κ1) is 13.6. The number of nitrogens with one attached hydrogen (secondary N) is 1. The highest BCUT2D eigenvalue weighted by Crippen LogP contribution is 2.27. The molecule has 0 atom stereocenters. The maximum Gasteiger partial charge on any atom is 0.183 e. The van der Waals surface area contributed by atoms with E-state index in [1.165, 1.54) is 0 Å². The highest BCUT2D eigenvalue weighted by Gasteiger charge is 2.06. The Morgan fingerprint density at radius 2 is 2.33 bits per heavy atom. The van der Waals surface area contributed by atoms with Crippen LogP contribution in [0.4, 0.5) is 5.69 Å². The van der Waals surface area contributed by atoms with E-state index in [0.717, 1.165) is 22.5 Å². The third-order valence-electron chi connectivity index (χ3n) is 2.32. The number of methoxy groups -OCH3 is 1. The van der Waals surface area contributed by atoms with Crippen molar-refractivity contribution in [1.29, 1.82) is 0 Å². The Morgan fingerprint density at radius 3 is 3.00 bits per heavy atom. The first-order valence-electron chi connectivity index (χ1n) is 5.38. The van der Waals surface area contributed by atoms with Gasteiger partial charge in [-0.15, -0.1) is 0 Å². The largest absolute Gasteiger partial charge is 0.451 e. The zero-order valence-corrected chi connectivity index (χ0v) is 13.0. The van der Waals surface area contributed by atoms with Crippen LogP contribution in [0.25, 0.3) is 0 Å². The molecule has 0 fully saturated rings. The quantitative estimate of drug-likeness (QED) is 0.838. The van der Waals surface area contributed by atoms with E-state index in [1.54, 1.807) is 13.3 Å². The predicted molar refractivity (Wildman–Crippen MR) is 75.5 cm³/mol. The van der Waals surface area contributed by atoms with Gasteiger partial charge in [0.1, 0.15) is 5.76 Å². The molecule has 5 nitrogen and oxygen atoms in total. The van der Waals surface area contributed by atoms with E-state index < -0.39 is 0 Å². The average molecular weight is 379 g/mol. The number of anilines is 1. The average Bonchev–Trinajstić information content (AvgIpc) is 2.92. The number of hydrogen-bond acceptors (Lipinski definition) is 4. The highest BCUT2D eigenvalue weighted by atomic mass is 79.9. The molecule has 0 radical (unpaired) electrons. The summed E-state index contributed by atoms with van der Waals surface area (Å²) in [6.45, 7) is 2.01. The van der Waals surface area contributed by atoms with Gasteiger partial charge in [-0.25, -0.2) is 0 Å². The number of nitrogens with zero attached hydrogens (tertiary/aromatic N) is 2. The van der Waals surface area contributed by atoms with Crippen molar-refractivity contribution in [2.24, 2.45) is 0 Å². The molecule has 0 spiro atoms. The van der Waals surface area contributed by atoms with Crippen LogP contribution in [0.5, 0.6) is 0 Å². The van der Waals surface area contributed by atoms with E-state index in [1.807, 2.05) is 16.9 Å². The summed E-state index contributed by atoms with van der Waals surface area (Å²) in [6, 6.07) is 1.92. The van der Waals surface area contributed by atoms with Crippen LogP contribution < -0.4 is 5.32 Å². The first-order chi connectivity index (χ1) is 8.69. The van der Waals surface area contributed by atoms with E-state index in [9.17, 15) is 0 Å². The summed E-state index contributed by atoms with van der Waals surface area (Å²) in [5.41, 5.74) is 0.953. The van der Waals surface area contributed by atoms with Crippen LogP contribution in [-0.4, -0.2) is 23.5 Å². The molecule has 0 aliphatic carbocycles. The van der Waals surface area contributed by atoms with Crippen LogP contribution in [0.3, 0.4) is 0 Å². The molecule has 0 bridgehead atoms. The second-order valence-corrected chi connectivity index (χ2v) is 5.25. The summed E-state index contributed by atoms with van der Waals surface area (Å²) in [5, 5.41) is 7.45. The van der Waals surface area contributed by atoms with E-state index in [-0.39, 0.29) is 0 Å². The van der Waals surface area contributed by atoms with Crippen LogP contribution in [0.15, 0.2) is 32.0 Å². The molecule has 0 aromatic carbocycles. The smallest absolute Gasteiger partial charge is 0.183 e. The molecular weight excluding hydrogens is 366 g/mol. The molecule has 0 amide bonds. The zero-order chi connectivity index (χ0) is 13.0. The molecule has 0 aliphatic rings. The van der Waals surface area contributed by atoms with Crippen molar-refractivity contribution >= 4 is 37.5 Å². The third kappa shape index (κ3) is 3.60. The minimum absolute atomic E-state index is 0.611.